The van der Waals surface area contributed by atoms with E-state index in [9.17, 15) is 9.59 Å². The highest BCUT2D eigenvalue weighted by atomic mass is 16.6. The maximum atomic E-state index is 12.6. The molecule has 1 saturated heterocycles. The SMILES string of the molecule is COc1cc(OC(=O)C2CCN(C(=O)OCc3ccccc3)C2)cc(OC)c1OC. The second kappa shape index (κ2) is 9.87. The molecule has 0 saturated carbocycles. The lowest BCUT2D eigenvalue weighted by Crippen LogP contribution is -2.31. The summed E-state index contributed by atoms with van der Waals surface area (Å²) in [6.07, 6.45) is 0.0610. The first-order valence-electron chi connectivity index (χ1n) is 9.53. The molecular formula is C22H25NO7. The summed E-state index contributed by atoms with van der Waals surface area (Å²) >= 11 is 0. The highest BCUT2D eigenvalue weighted by Crippen LogP contribution is 2.41. The summed E-state index contributed by atoms with van der Waals surface area (Å²) in [4.78, 5) is 26.4. The summed E-state index contributed by atoms with van der Waals surface area (Å²) in [6, 6.07) is 12.5. The molecule has 1 aliphatic heterocycles. The summed E-state index contributed by atoms with van der Waals surface area (Å²) in [6.45, 7) is 0.871. The maximum Gasteiger partial charge on any atom is 0.410 e. The van der Waals surface area contributed by atoms with Crippen LogP contribution >= 0.6 is 0 Å². The van der Waals surface area contributed by atoms with Gasteiger partial charge in [0.15, 0.2) is 11.5 Å². The lowest BCUT2D eigenvalue weighted by atomic mass is 10.1. The van der Waals surface area contributed by atoms with Gasteiger partial charge in [-0.3, -0.25) is 4.79 Å². The Labute approximate surface area is 175 Å². The molecule has 0 bridgehead atoms. The van der Waals surface area contributed by atoms with Gasteiger partial charge in [-0.2, -0.15) is 0 Å². The Bertz CT molecular complexity index is 859. The monoisotopic (exact) mass is 415 g/mol. The Kier molecular flexibility index (Phi) is 7.00. The van der Waals surface area contributed by atoms with Gasteiger partial charge >= 0.3 is 12.1 Å². The van der Waals surface area contributed by atoms with Gasteiger partial charge in [0.1, 0.15) is 12.4 Å². The zero-order valence-electron chi connectivity index (χ0n) is 17.3. The molecule has 1 fully saturated rings. The first-order valence-corrected chi connectivity index (χ1v) is 9.53. The van der Waals surface area contributed by atoms with Crippen LogP contribution in [0.15, 0.2) is 42.5 Å². The van der Waals surface area contributed by atoms with Crippen molar-refractivity contribution in [3.05, 3.63) is 48.0 Å². The third-order valence-electron chi connectivity index (χ3n) is 4.84. The van der Waals surface area contributed by atoms with E-state index < -0.39 is 18.0 Å². The number of ether oxygens (including phenoxy) is 5. The molecular weight excluding hydrogens is 390 g/mol. The normalized spacial score (nSPS) is 15.4. The molecule has 3 rings (SSSR count). The third-order valence-corrected chi connectivity index (χ3v) is 4.84. The molecule has 1 aliphatic rings. The lowest BCUT2D eigenvalue weighted by Gasteiger charge is -2.17. The topological polar surface area (TPSA) is 83.5 Å². The first-order chi connectivity index (χ1) is 14.5. The molecule has 8 nitrogen and oxygen atoms in total. The Morgan fingerprint density at radius 3 is 2.27 bits per heavy atom. The molecule has 1 amide bonds. The smallest absolute Gasteiger partial charge is 0.410 e. The summed E-state index contributed by atoms with van der Waals surface area (Å²) < 4.78 is 26.6. The number of benzene rings is 2. The number of hydrogen-bond acceptors (Lipinski definition) is 7. The van der Waals surface area contributed by atoms with Crippen molar-refractivity contribution in [2.75, 3.05) is 34.4 Å². The average molecular weight is 415 g/mol. The molecule has 0 N–H and O–H groups in total. The summed E-state index contributed by atoms with van der Waals surface area (Å²) in [5.74, 6) is 0.595. The van der Waals surface area contributed by atoms with Gasteiger partial charge in [-0.05, 0) is 12.0 Å². The van der Waals surface area contributed by atoms with Crippen LogP contribution in [0, 0.1) is 5.92 Å². The van der Waals surface area contributed by atoms with Gasteiger partial charge in [-0.1, -0.05) is 30.3 Å². The van der Waals surface area contributed by atoms with Crippen LogP contribution in [-0.2, 0) is 16.1 Å². The van der Waals surface area contributed by atoms with Crippen molar-refractivity contribution in [1.82, 2.24) is 4.90 Å². The molecule has 0 aromatic heterocycles. The fourth-order valence-corrected chi connectivity index (χ4v) is 3.24. The van der Waals surface area contributed by atoms with Crippen LogP contribution in [0.1, 0.15) is 12.0 Å². The minimum Gasteiger partial charge on any atom is -0.493 e. The fourth-order valence-electron chi connectivity index (χ4n) is 3.24. The number of rotatable bonds is 7. The van der Waals surface area contributed by atoms with Crippen molar-refractivity contribution in [2.45, 2.75) is 13.0 Å². The molecule has 1 unspecified atom stereocenters. The minimum atomic E-state index is -0.443. The molecule has 0 radical (unpaired) electrons. The van der Waals surface area contributed by atoms with E-state index in [0.29, 0.717) is 30.2 Å². The van der Waals surface area contributed by atoms with Gasteiger partial charge < -0.3 is 28.6 Å². The minimum absolute atomic E-state index is 0.191. The van der Waals surface area contributed by atoms with Crippen LogP contribution in [0.4, 0.5) is 4.79 Å². The molecule has 2 aromatic carbocycles. The zero-order chi connectivity index (χ0) is 21.5. The predicted molar refractivity (Wildman–Crippen MR) is 108 cm³/mol. The van der Waals surface area contributed by atoms with Crippen molar-refractivity contribution < 1.29 is 33.3 Å². The number of likely N-dealkylation sites (tertiary alicyclic amines) is 1. The molecule has 1 atom stereocenters. The van der Waals surface area contributed by atoms with Crippen LogP contribution in [0.25, 0.3) is 0 Å². The maximum absolute atomic E-state index is 12.6. The number of carbonyl (C=O) groups is 2. The zero-order valence-corrected chi connectivity index (χ0v) is 17.3. The molecule has 30 heavy (non-hydrogen) atoms. The Balaban J connectivity index is 1.57. The van der Waals surface area contributed by atoms with Crippen LogP contribution in [0.2, 0.25) is 0 Å². The van der Waals surface area contributed by atoms with E-state index in [1.807, 2.05) is 30.3 Å². The van der Waals surface area contributed by atoms with Gasteiger partial charge in [0.25, 0.3) is 0 Å². The highest BCUT2D eigenvalue weighted by Gasteiger charge is 2.33. The van der Waals surface area contributed by atoms with Crippen molar-refractivity contribution in [3.63, 3.8) is 0 Å². The third kappa shape index (κ3) is 4.94. The van der Waals surface area contributed by atoms with Gasteiger partial charge in [-0.15, -0.1) is 0 Å². The van der Waals surface area contributed by atoms with E-state index in [1.165, 1.54) is 26.2 Å². The van der Waals surface area contributed by atoms with E-state index >= 15 is 0 Å². The fraction of sp³-hybridized carbons (Fsp3) is 0.364. The van der Waals surface area contributed by atoms with Crippen LogP contribution in [0.3, 0.4) is 0 Å². The van der Waals surface area contributed by atoms with E-state index in [-0.39, 0.29) is 18.9 Å². The van der Waals surface area contributed by atoms with Gasteiger partial charge in [0.05, 0.1) is 27.2 Å². The summed E-state index contributed by atoms with van der Waals surface area (Å²) in [5.41, 5.74) is 0.906. The lowest BCUT2D eigenvalue weighted by molar-refractivity contribution is -0.138. The van der Waals surface area contributed by atoms with Crippen molar-refractivity contribution in [2.24, 2.45) is 5.92 Å². The molecule has 8 heteroatoms. The Morgan fingerprint density at radius 2 is 1.67 bits per heavy atom. The van der Waals surface area contributed by atoms with Crippen molar-refractivity contribution in [3.8, 4) is 23.0 Å². The highest BCUT2D eigenvalue weighted by molar-refractivity contribution is 5.78. The molecule has 0 spiro atoms. The number of hydrogen-bond donors (Lipinski definition) is 0. The predicted octanol–water partition coefficient (Wildman–Crippen LogP) is 3.28. The standard InChI is InChI=1S/C22H25NO7/c1-26-18-11-17(12-19(27-2)20(18)28-3)30-21(24)16-9-10-23(13-16)22(25)29-14-15-7-5-4-6-8-15/h4-8,11-12,16H,9-10,13-14H2,1-3H3. The van der Waals surface area contributed by atoms with Crippen LogP contribution < -0.4 is 18.9 Å². The average Bonchev–Trinajstić information content (AvgIpc) is 3.28. The summed E-state index contributed by atoms with van der Waals surface area (Å²) in [7, 11) is 4.47. The number of nitrogens with zero attached hydrogens (tertiary/aromatic N) is 1. The molecule has 1 heterocycles. The number of methoxy groups -OCH3 is 3. The second-order valence-corrected chi connectivity index (χ2v) is 6.75. The van der Waals surface area contributed by atoms with E-state index in [4.69, 9.17) is 23.7 Å². The Morgan fingerprint density at radius 1 is 1.00 bits per heavy atom. The number of amides is 1. The van der Waals surface area contributed by atoms with Gasteiger partial charge in [0.2, 0.25) is 5.75 Å². The van der Waals surface area contributed by atoms with Crippen molar-refractivity contribution >= 4 is 12.1 Å². The Hall–Kier alpha value is -3.42. The number of carbonyl (C=O) groups excluding carboxylic acids is 2. The van der Waals surface area contributed by atoms with Crippen LogP contribution in [0.5, 0.6) is 23.0 Å². The van der Waals surface area contributed by atoms with E-state index in [1.54, 1.807) is 12.1 Å². The number of esters is 1. The molecule has 0 aliphatic carbocycles. The first kappa shape index (κ1) is 21.3. The summed E-state index contributed by atoms with van der Waals surface area (Å²) in [5, 5.41) is 0. The van der Waals surface area contributed by atoms with E-state index in [0.717, 1.165) is 5.56 Å². The molecule has 160 valence electrons. The van der Waals surface area contributed by atoms with Gasteiger partial charge in [0, 0.05) is 25.2 Å². The second-order valence-electron chi connectivity index (χ2n) is 6.75. The van der Waals surface area contributed by atoms with Gasteiger partial charge in [-0.25, -0.2) is 4.79 Å². The van der Waals surface area contributed by atoms with Crippen molar-refractivity contribution in [1.29, 1.82) is 0 Å². The quantitative estimate of drug-likeness (QED) is 0.507. The van der Waals surface area contributed by atoms with E-state index in [2.05, 4.69) is 0 Å². The van der Waals surface area contributed by atoms with Crippen LogP contribution in [-0.4, -0.2) is 51.4 Å². The largest absolute Gasteiger partial charge is 0.493 e. The molecule has 2 aromatic rings.